The van der Waals surface area contributed by atoms with Crippen LogP contribution in [-0.4, -0.2) is 19.0 Å². The third-order valence-corrected chi connectivity index (χ3v) is 1.39. The largest absolute Gasteiger partial charge is 0.381 e. The van der Waals surface area contributed by atoms with E-state index in [1.54, 1.807) is 0 Å². The Morgan fingerprint density at radius 3 is 2.75 bits per heavy atom. The smallest absolute Gasteiger partial charge is 0.138 e. The number of ether oxygens (including phenoxy) is 1. The summed E-state index contributed by atoms with van der Waals surface area (Å²) < 4.78 is 4.96. The van der Waals surface area contributed by atoms with Gasteiger partial charge < -0.3 is 4.74 Å². The number of Topliss-reactive ketones (excluding diaryl/α,β-unsaturated/α-hetero) is 1. The highest BCUT2D eigenvalue weighted by Gasteiger charge is 2.19. The van der Waals surface area contributed by atoms with Gasteiger partial charge in [-0.2, -0.15) is 0 Å². The lowest BCUT2D eigenvalue weighted by molar-refractivity contribution is -0.118. The van der Waals surface area contributed by atoms with Crippen LogP contribution in [0.2, 0.25) is 0 Å². The molecule has 0 aromatic carbocycles. The second kappa shape index (κ2) is 2.27. The summed E-state index contributed by atoms with van der Waals surface area (Å²) in [7, 11) is 0. The van der Waals surface area contributed by atoms with E-state index in [-0.39, 0.29) is 11.7 Å². The predicted molar refractivity (Wildman–Crippen MR) is 29.3 cm³/mol. The summed E-state index contributed by atoms with van der Waals surface area (Å²) in [5.41, 5.74) is 0. The Morgan fingerprint density at radius 1 is 1.75 bits per heavy atom. The Hall–Kier alpha value is -0.370. The molecular formula is C6H9O2. The van der Waals surface area contributed by atoms with Crippen LogP contribution in [0.4, 0.5) is 0 Å². The Kier molecular flexibility index (Phi) is 1.63. The number of hydrogen-bond donors (Lipinski definition) is 0. The third kappa shape index (κ3) is 1.07. The van der Waals surface area contributed by atoms with Gasteiger partial charge in [0.15, 0.2) is 0 Å². The molecule has 0 spiro atoms. The van der Waals surface area contributed by atoms with Gasteiger partial charge in [0.05, 0.1) is 6.61 Å². The second-order valence-electron chi connectivity index (χ2n) is 2.03. The molecule has 1 heterocycles. The molecule has 1 aliphatic rings. The number of carbonyl (C=O) groups excluding carboxylic acids is 1. The Balaban J connectivity index is 2.35. The van der Waals surface area contributed by atoms with E-state index in [1.807, 2.05) is 0 Å². The molecule has 1 fully saturated rings. The van der Waals surface area contributed by atoms with E-state index in [9.17, 15) is 4.79 Å². The molecule has 8 heavy (non-hydrogen) atoms. The van der Waals surface area contributed by atoms with Gasteiger partial charge in [0, 0.05) is 19.4 Å². The maximum absolute atomic E-state index is 10.5. The van der Waals surface area contributed by atoms with E-state index in [0.29, 0.717) is 6.61 Å². The van der Waals surface area contributed by atoms with Crippen molar-refractivity contribution in [2.45, 2.75) is 6.42 Å². The number of ketones is 1. The SMILES string of the molecule is [CH2]C(=O)C1CCOC1. The Bertz CT molecular complexity index is 92.7. The molecule has 2 nitrogen and oxygen atoms in total. The van der Waals surface area contributed by atoms with Crippen molar-refractivity contribution in [2.24, 2.45) is 5.92 Å². The minimum Gasteiger partial charge on any atom is -0.381 e. The summed E-state index contributed by atoms with van der Waals surface area (Å²) in [4.78, 5) is 10.5. The molecule has 1 aliphatic heterocycles. The molecule has 45 valence electrons. The van der Waals surface area contributed by atoms with Gasteiger partial charge in [-0.3, -0.25) is 4.79 Å². The highest BCUT2D eigenvalue weighted by atomic mass is 16.5. The van der Waals surface area contributed by atoms with Crippen LogP contribution in [0.5, 0.6) is 0 Å². The molecule has 0 saturated carbocycles. The predicted octanol–water partition coefficient (Wildman–Crippen LogP) is 0.426. The Labute approximate surface area is 48.8 Å². The van der Waals surface area contributed by atoms with Crippen molar-refractivity contribution in [3.8, 4) is 0 Å². The van der Waals surface area contributed by atoms with Crippen LogP contribution in [0.3, 0.4) is 0 Å². The molecule has 1 saturated heterocycles. The van der Waals surface area contributed by atoms with E-state index in [0.717, 1.165) is 13.0 Å². The average molecular weight is 113 g/mol. The molecule has 2 heteroatoms. The van der Waals surface area contributed by atoms with Crippen molar-refractivity contribution in [1.29, 1.82) is 0 Å². The highest BCUT2D eigenvalue weighted by Crippen LogP contribution is 2.11. The minimum absolute atomic E-state index is 0.0162. The van der Waals surface area contributed by atoms with E-state index < -0.39 is 0 Å². The van der Waals surface area contributed by atoms with Gasteiger partial charge >= 0.3 is 0 Å². The zero-order valence-electron chi connectivity index (χ0n) is 4.72. The lowest BCUT2D eigenvalue weighted by atomic mass is 10.1. The summed E-state index contributed by atoms with van der Waals surface area (Å²) in [6.07, 6.45) is 0.863. The van der Waals surface area contributed by atoms with Crippen LogP contribution < -0.4 is 0 Å². The molecule has 1 radical (unpaired) electrons. The molecule has 0 aliphatic carbocycles. The molecular weight excluding hydrogens is 104 g/mol. The van der Waals surface area contributed by atoms with Crippen molar-refractivity contribution >= 4 is 5.78 Å². The summed E-state index contributed by atoms with van der Waals surface area (Å²) in [5.74, 6) is 0.109. The first kappa shape index (κ1) is 5.76. The first-order valence-electron chi connectivity index (χ1n) is 2.74. The summed E-state index contributed by atoms with van der Waals surface area (Å²) >= 11 is 0. The van der Waals surface area contributed by atoms with E-state index in [4.69, 9.17) is 4.74 Å². The summed E-state index contributed by atoms with van der Waals surface area (Å²) in [6, 6.07) is 0. The van der Waals surface area contributed by atoms with Crippen molar-refractivity contribution in [1.82, 2.24) is 0 Å². The standard InChI is InChI=1S/C6H9O2/c1-5(7)6-2-3-8-4-6/h6H,1-4H2. The summed E-state index contributed by atoms with van der Waals surface area (Å²) in [6.45, 7) is 4.62. The van der Waals surface area contributed by atoms with Gasteiger partial charge in [0.25, 0.3) is 0 Å². The van der Waals surface area contributed by atoms with E-state index in [1.165, 1.54) is 0 Å². The van der Waals surface area contributed by atoms with Gasteiger partial charge in [-0.15, -0.1) is 0 Å². The first-order valence-corrected chi connectivity index (χ1v) is 2.74. The van der Waals surface area contributed by atoms with Crippen LogP contribution in [0.1, 0.15) is 6.42 Å². The number of carbonyl (C=O) groups is 1. The molecule has 0 amide bonds. The molecule has 1 unspecified atom stereocenters. The minimum atomic E-state index is 0.0162. The number of hydrogen-bond acceptors (Lipinski definition) is 2. The van der Waals surface area contributed by atoms with Crippen LogP contribution in [-0.2, 0) is 9.53 Å². The zero-order chi connectivity index (χ0) is 5.98. The topological polar surface area (TPSA) is 26.3 Å². The fraction of sp³-hybridized carbons (Fsp3) is 0.667. The van der Waals surface area contributed by atoms with Gasteiger partial charge in [-0.25, -0.2) is 0 Å². The summed E-state index contributed by atoms with van der Waals surface area (Å²) in [5, 5.41) is 0. The normalized spacial score (nSPS) is 28.4. The van der Waals surface area contributed by atoms with Gasteiger partial charge in [-0.1, -0.05) is 0 Å². The lowest BCUT2D eigenvalue weighted by Gasteiger charge is -1.96. The van der Waals surface area contributed by atoms with E-state index >= 15 is 0 Å². The first-order chi connectivity index (χ1) is 3.80. The molecule has 0 N–H and O–H groups in total. The van der Waals surface area contributed by atoms with Crippen molar-refractivity contribution in [3.05, 3.63) is 6.92 Å². The van der Waals surface area contributed by atoms with Crippen molar-refractivity contribution < 1.29 is 9.53 Å². The molecule has 0 aromatic rings. The van der Waals surface area contributed by atoms with Gasteiger partial charge in [0.2, 0.25) is 0 Å². The van der Waals surface area contributed by atoms with Crippen molar-refractivity contribution in [3.63, 3.8) is 0 Å². The molecule has 0 bridgehead atoms. The third-order valence-electron chi connectivity index (χ3n) is 1.39. The monoisotopic (exact) mass is 113 g/mol. The molecule has 1 rings (SSSR count). The van der Waals surface area contributed by atoms with Crippen LogP contribution in [0.25, 0.3) is 0 Å². The van der Waals surface area contributed by atoms with Crippen LogP contribution in [0.15, 0.2) is 0 Å². The molecule has 0 aromatic heterocycles. The second-order valence-corrected chi connectivity index (χ2v) is 2.03. The van der Waals surface area contributed by atoms with Crippen molar-refractivity contribution in [2.75, 3.05) is 13.2 Å². The maximum atomic E-state index is 10.5. The van der Waals surface area contributed by atoms with Crippen LogP contribution in [0, 0.1) is 12.8 Å². The van der Waals surface area contributed by atoms with Crippen LogP contribution >= 0.6 is 0 Å². The fourth-order valence-electron chi connectivity index (χ4n) is 0.788. The Morgan fingerprint density at radius 2 is 2.50 bits per heavy atom. The van der Waals surface area contributed by atoms with E-state index in [2.05, 4.69) is 6.92 Å². The fourth-order valence-corrected chi connectivity index (χ4v) is 0.788. The van der Waals surface area contributed by atoms with Gasteiger partial charge in [0.1, 0.15) is 5.78 Å². The zero-order valence-corrected chi connectivity index (χ0v) is 4.72. The lowest BCUT2D eigenvalue weighted by Crippen LogP contribution is -2.09. The maximum Gasteiger partial charge on any atom is 0.138 e. The number of rotatable bonds is 1. The quantitative estimate of drug-likeness (QED) is 0.492. The molecule has 1 atom stereocenters. The highest BCUT2D eigenvalue weighted by molar-refractivity contribution is 5.85. The van der Waals surface area contributed by atoms with Gasteiger partial charge in [-0.05, 0) is 6.42 Å². The average Bonchev–Trinajstić information content (AvgIpc) is 2.12.